The number of carbonyl (C=O) groups excluding carboxylic acids is 1. The van der Waals surface area contributed by atoms with Gasteiger partial charge in [-0.25, -0.2) is 8.78 Å². The van der Waals surface area contributed by atoms with E-state index in [2.05, 4.69) is 4.98 Å². The highest BCUT2D eigenvalue weighted by atomic mass is 32.2. The molecule has 1 aliphatic carbocycles. The molecule has 0 saturated carbocycles. The van der Waals surface area contributed by atoms with Crippen molar-refractivity contribution in [2.24, 2.45) is 0 Å². The molecule has 1 aliphatic rings. The van der Waals surface area contributed by atoms with Crippen molar-refractivity contribution in [2.45, 2.75) is 69.5 Å². The number of carbonyl (C=O) groups is 1. The molecule has 0 radical (unpaired) electrons. The zero-order valence-corrected chi connectivity index (χ0v) is 17.6. The Morgan fingerprint density at radius 3 is 2.62 bits per heavy atom. The fraction of sp³-hybridized carbons (Fsp3) is 0.476. The zero-order chi connectivity index (χ0) is 21.2. The van der Waals surface area contributed by atoms with Crippen molar-refractivity contribution < 1.29 is 18.3 Å². The van der Waals surface area contributed by atoms with Crippen molar-refractivity contribution in [3.63, 3.8) is 0 Å². The van der Waals surface area contributed by atoms with Gasteiger partial charge in [0.1, 0.15) is 12.1 Å². The van der Waals surface area contributed by atoms with E-state index >= 15 is 0 Å². The second-order valence-electron chi connectivity index (χ2n) is 8.04. The largest absolute Gasteiger partial charge is 0.459 e. The van der Waals surface area contributed by atoms with Crippen LogP contribution in [0.1, 0.15) is 50.4 Å². The number of halogens is 2. The van der Waals surface area contributed by atoms with Gasteiger partial charge in [-0.3, -0.25) is 9.59 Å². The van der Waals surface area contributed by atoms with Gasteiger partial charge in [-0.1, -0.05) is 17.8 Å². The normalized spacial score (nSPS) is 13.8. The number of ether oxygens (including phenoxy) is 1. The third kappa shape index (κ3) is 5.44. The Morgan fingerprint density at radius 1 is 1.21 bits per heavy atom. The molecule has 0 fully saturated rings. The van der Waals surface area contributed by atoms with Crippen molar-refractivity contribution in [3.05, 3.63) is 57.0 Å². The number of thioether (sulfide) groups is 1. The topological polar surface area (TPSA) is 61.2 Å². The van der Waals surface area contributed by atoms with E-state index in [1.165, 1.54) is 17.8 Å². The molecule has 0 aliphatic heterocycles. The highest BCUT2D eigenvalue weighted by Crippen LogP contribution is 2.26. The van der Waals surface area contributed by atoms with Crippen LogP contribution in [-0.2, 0) is 34.7 Å². The first kappa shape index (κ1) is 21.5. The quantitative estimate of drug-likeness (QED) is 0.414. The van der Waals surface area contributed by atoms with Crippen LogP contribution >= 0.6 is 11.8 Å². The molecule has 0 spiro atoms. The molecule has 1 aromatic heterocycles. The third-order valence-electron chi connectivity index (χ3n) is 4.51. The van der Waals surface area contributed by atoms with E-state index in [1.807, 2.05) is 0 Å². The van der Waals surface area contributed by atoms with Gasteiger partial charge in [0, 0.05) is 17.0 Å². The molecule has 0 atom stereocenters. The second kappa shape index (κ2) is 8.65. The minimum atomic E-state index is -0.923. The molecular formula is C21H24F2N2O3S. The van der Waals surface area contributed by atoms with Crippen LogP contribution < -0.4 is 5.56 Å². The van der Waals surface area contributed by atoms with Crippen LogP contribution in [0.4, 0.5) is 8.78 Å². The van der Waals surface area contributed by atoms with Crippen LogP contribution in [-0.4, -0.2) is 21.1 Å². The Kier molecular flexibility index (Phi) is 6.41. The summed E-state index contributed by atoms with van der Waals surface area (Å²) in [4.78, 5) is 29.1. The van der Waals surface area contributed by atoms with Crippen LogP contribution in [0.25, 0.3) is 0 Å². The summed E-state index contributed by atoms with van der Waals surface area (Å²) in [7, 11) is 0. The first-order valence-corrected chi connectivity index (χ1v) is 10.5. The van der Waals surface area contributed by atoms with Crippen LogP contribution in [0.5, 0.6) is 0 Å². The summed E-state index contributed by atoms with van der Waals surface area (Å²) in [6.07, 6.45) is 3.17. The minimum Gasteiger partial charge on any atom is -0.459 e. The number of benzene rings is 1. The summed E-state index contributed by atoms with van der Waals surface area (Å²) in [5.41, 5.74) is 1.12. The number of nitrogens with zero attached hydrogens (tertiary/aromatic N) is 2. The Morgan fingerprint density at radius 2 is 1.93 bits per heavy atom. The summed E-state index contributed by atoms with van der Waals surface area (Å²) in [5, 5.41) is 0.381. The lowest BCUT2D eigenvalue weighted by molar-refractivity contribution is -0.155. The highest BCUT2D eigenvalue weighted by molar-refractivity contribution is 7.98. The van der Waals surface area contributed by atoms with E-state index in [0.717, 1.165) is 30.7 Å². The molecule has 156 valence electrons. The standard InChI is InChI=1S/C21H24F2N2O3S/c1-21(2,3)28-18(26)11-25-17-7-5-4-6-14(17)19(27)24-20(25)29-12-13-8-9-15(22)16(23)10-13/h8-10H,4-7,11-12H2,1-3H3. The monoisotopic (exact) mass is 422 g/mol. The van der Waals surface area contributed by atoms with Crippen LogP contribution in [0.3, 0.4) is 0 Å². The molecule has 3 rings (SSSR count). The molecule has 1 heterocycles. The molecule has 8 heteroatoms. The molecule has 0 amide bonds. The lowest BCUT2D eigenvalue weighted by Crippen LogP contribution is -2.31. The van der Waals surface area contributed by atoms with Gasteiger partial charge in [-0.15, -0.1) is 0 Å². The van der Waals surface area contributed by atoms with Crippen molar-refractivity contribution >= 4 is 17.7 Å². The van der Waals surface area contributed by atoms with Crippen LogP contribution in [0.2, 0.25) is 0 Å². The summed E-state index contributed by atoms with van der Waals surface area (Å²) in [5.74, 6) is -1.96. The number of hydrogen-bond donors (Lipinski definition) is 0. The zero-order valence-electron chi connectivity index (χ0n) is 16.8. The highest BCUT2D eigenvalue weighted by Gasteiger charge is 2.24. The van der Waals surface area contributed by atoms with E-state index in [0.29, 0.717) is 29.1 Å². The van der Waals surface area contributed by atoms with Crippen molar-refractivity contribution in [3.8, 4) is 0 Å². The molecule has 0 bridgehead atoms. The van der Waals surface area contributed by atoms with Gasteiger partial charge in [-0.05, 0) is 64.2 Å². The van der Waals surface area contributed by atoms with E-state index in [1.54, 1.807) is 25.3 Å². The molecule has 0 unspecified atom stereocenters. The fourth-order valence-electron chi connectivity index (χ4n) is 3.30. The molecule has 5 nitrogen and oxygen atoms in total. The number of fused-ring (bicyclic) bond motifs is 1. The second-order valence-corrected chi connectivity index (χ2v) is 8.98. The SMILES string of the molecule is CC(C)(C)OC(=O)Cn1c(SCc2ccc(F)c(F)c2)nc(=O)c2c1CCCC2. The predicted octanol–water partition coefficient (Wildman–Crippen LogP) is 4.03. The predicted molar refractivity (Wildman–Crippen MR) is 107 cm³/mol. The molecule has 29 heavy (non-hydrogen) atoms. The Labute approximate surface area is 172 Å². The van der Waals surface area contributed by atoms with Gasteiger partial charge < -0.3 is 9.30 Å². The average Bonchev–Trinajstić information content (AvgIpc) is 2.64. The van der Waals surface area contributed by atoms with Gasteiger partial charge in [0.2, 0.25) is 0 Å². The minimum absolute atomic E-state index is 0.0486. The van der Waals surface area contributed by atoms with Crippen molar-refractivity contribution in [1.82, 2.24) is 9.55 Å². The van der Waals surface area contributed by atoms with Crippen molar-refractivity contribution in [1.29, 1.82) is 0 Å². The summed E-state index contributed by atoms with van der Waals surface area (Å²) in [6.45, 7) is 5.33. The smallest absolute Gasteiger partial charge is 0.326 e. The van der Waals surface area contributed by atoms with E-state index < -0.39 is 23.2 Å². The Bertz CT molecular complexity index is 983. The lowest BCUT2D eigenvalue weighted by atomic mass is 9.97. The molecule has 1 aromatic carbocycles. The van der Waals surface area contributed by atoms with Gasteiger partial charge in [0.25, 0.3) is 5.56 Å². The lowest BCUT2D eigenvalue weighted by Gasteiger charge is -2.25. The fourth-order valence-corrected chi connectivity index (χ4v) is 4.25. The maximum Gasteiger partial charge on any atom is 0.326 e. The number of rotatable bonds is 5. The Hall–Kier alpha value is -2.22. The van der Waals surface area contributed by atoms with E-state index in [-0.39, 0.29) is 17.9 Å². The van der Waals surface area contributed by atoms with Gasteiger partial charge >= 0.3 is 5.97 Å². The number of hydrogen-bond acceptors (Lipinski definition) is 5. The maximum absolute atomic E-state index is 13.5. The van der Waals surface area contributed by atoms with Crippen LogP contribution in [0, 0.1) is 11.6 Å². The Balaban J connectivity index is 1.92. The van der Waals surface area contributed by atoms with Crippen LogP contribution in [0.15, 0.2) is 28.2 Å². The average molecular weight is 422 g/mol. The van der Waals surface area contributed by atoms with E-state index in [4.69, 9.17) is 4.74 Å². The number of aromatic nitrogens is 2. The van der Waals surface area contributed by atoms with Gasteiger partial charge in [0.05, 0.1) is 0 Å². The van der Waals surface area contributed by atoms with Gasteiger partial charge in [-0.2, -0.15) is 4.98 Å². The summed E-state index contributed by atoms with van der Waals surface area (Å²) in [6, 6.07) is 3.68. The molecule has 0 saturated heterocycles. The number of esters is 1. The third-order valence-corrected chi connectivity index (χ3v) is 5.56. The first-order chi connectivity index (χ1) is 13.6. The van der Waals surface area contributed by atoms with E-state index in [9.17, 15) is 18.4 Å². The molecular weight excluding hydrogens is 398 g/mol. The molecule has 0 N–H and O–H groups in total. The maximum atomic E-state index is 13.5. The summed E-state index contributed by atoms with van der Waals surface area (Å²) >= 11 is 1.22. The van der Waals surface area contributed by atoms with Crippen molar-refractivity contribution in [2.75, 3.05) is 0 Å². The molecule has 2 aromatic rings. The summed E-state index contributed by atoms with van der Waals surface area (Å²) < 4.78 is 33.8. The first-order valence-electron chi connectivity index (χ1n) is 9.55. The van der Waals surface area contributed by atoms with Gasteiger partial charge in [0.15, 0.2) is 16.8 Å².